The summed E-state index contributed by atoms with van der Waals surface area (Å²) in [5.74, 6) is 3.64. The van der Waals surface area contributed by atoms with Gasteiger partial charge in [0.1, 0.15) is 0 Å². The van der Waals surface area contributed by atoms with E-state index in [-0.39, 0.29) is 13.0 Å². The van der Waals surface area contributed by atoms with E-state index < -0.39 is 23.4 Å². The SMILES string of the molecule is CC#CCC1(C(=O)OCC)NC(=O)NC1=O. The van der Waals surface area contributed by atoms with E-state index in [1.165, 1.54) is 0 Å². The summed E-state index contributed by atoms with van der Waals surface area (Å²) in [6, 6.07) is -0.712. The second-order valence-corrected chi connectivity index (χ2v) is 3.14. The molecule has 1 heterocycles. The summed E-state index contributed by atoms with van der Waals surface area (Å²) >= 11 is 0. The largest absolute Gasteiger partial charge is 0.464 e. The van der Waals surface area contributed by atoms with Crippen LogP contribution < -0.4 is 10.6 Å². The molecule has 0 bridgehead atoms. The highest BCUT2D eigenvalue weighted by atomic mass is 16.5. The summed E-state index contributed by atoms with van der Waals surface area (Å²) in [5, 5.41) is 4.26. The van der Waals surface area contributed by atoms with E-state index in [4.69, 9.17) is 4.74 Å². The average molecular weight is 224 g/mol. The van der Waals surface area contributed by atoms with Gasteiger partial charge in [-0.3, -0.25) is 10.1 Å². The molecule has 1 fully saturated rings. The number of carbonyl (C=O) groups excluding carboxylic acids is 3. The normalized spacial score (nSPS) is 22.9. The molecular weight excluding hydrogens is 212 g/mol. The highest BCUT2D eigenvalue weighted by Crippen LogP contribution is 2.17. The summed E-state index contributed by atoms with van der Waals surface area (Å²) in [4.78, 5) is 34.3. The summed E-state index contributed by atoms with van der Waals surface area (Å²) in [6.07, 6.45) is -0.0973. The van der Waals surface area contributed by atoms with Crippen LogP contribution in [0.15, 0.2) is 0 Å². The zero-order valence-corrected chi connectivity index (χ0v) is 9.05. The van der Waals surface area contributed by atoms with Gasteiger partial charge in [-0.2, -0.15) is 0 Å². The molecule has 2 N–H and O–H groups in total. The van der Waals surface area contributed by atoms with Crippen LogP contribution in [0.2, 0.25) is 0 Å². The fraction of sp³-hybridized carbons (Fsp3) is 0.500. The summed E-state index contributed by atoms with van der Waals surface area (Å²) in [7, 11) is 0. The van der Waals surface area contributed by atoms with Crippen molar-refractivity contribution in [2.24, 2.45) is 0 Å². The van der Waals surface area contributed by atoms with E-state index in [1.54, 1.807) is 13.8 Å². The Morgan fingerprint density at radius 3 is 2.62 bits per heavy atom. The van der Waals surface area contributed by atoms with Gasteiger partial charge in [-0.05, 0) is 13.8 Å². The van der Waals surface area contributed by atoms with Crippen molar-refractivity contribution in [3.63, 3.8) is 0 Å². The molecule has 1 aliphatic heterocycles. The van der Waals surface area contributed by atoms with Gasteiger partial charge in [-0.15, -0.1) is 5.92 Å². The molecule has 3 amide bonds. The number of hydrogen-bond acceptors (Lipinski definition) is 4. The number of ether oxygens (including phenoxy) is 1. The van der Waals surface area contributed by atoms with E-state index in [2.05, 4.69) is 17.2 Å². The van der Waals surface area contributed by atoms with Gasteiger partial charge >= 0.3 is 12.0 Å². The molecule has 0 aromatic rings. The third-order valence-corrected chi connectivity index (χ3v) is 2.10. The molecule has 6 heteroatoms. The van der Waals surface area contributed by atoms with Crippen molar-refractivity contribution in [1.82, 2.24) is 10.6 Å². The smallest absolute Gasteiger partial charge is 0.342 e. The lowest BCUT2D eigenvalue weighted by molar-refractivity contribution is -0.153. The molecule has 1 atom stereocenters. The molecule has 0 spiro atoms. The van der Waals surface area contributed by atoms with Gasteiger partial charge < -0.3 is 10.1 Å². The van der Waals surface area contributed by atoms with Crippen LogP contribution in [-0.4, -0.2) is 30.1 Å². The molecule has 1 aliphatic rings. The van der Waals surface area contributed by atoms with Gasteiger partial charge in [0.15, 0.2) is 0 Å². The number of hydrogen-bond donors (Lipinski definition) is 2. The van der Waals surface area contributed by atoms with Crippen molar-refractivity contribution in [2.75, 3.05) is 6.61 Å². The van der Waals surface area contributed by atoms with Crippen molar-refractivity contribution in [3.8, 4) is 11.8 Å². The number of amides is 3. The van der Waals surface area contributed by atoms with Crippen LogP contribution in [0.3, 0.4) is 0 Å². The Balaban J connectivity index is 3.00. The maximum Gasteiger partial charge on any atom is 0.342 e. The molecule has 1 rings (SSSR count). The third-order valence-electron chi connectivity index (χ3n) is 2.10. The molecule has 16 heavy (non-hydrogen) atoms. The number of urea groups is 1. The van der Waals surface area contributed by atoms with Crippen LogP contribution >= 0.6 is 0 Å². The average Bonchev–Trinajstić information content (AvgIpc) is 2.52. The monoisotopic (exact) mass is 224 g/mol. The third kappa shape index (κ3) is 1.98. The van der Waals surface area contributed by atoms with Gasteiger partial charge in [0.25, 0.3) is 5.91 Å². The van der Waals surface area contributed by atoms with Crippen molar-refractivity contribution < 1.29 is 19.1 Å². The van der Waals surface area contributed by atoms with E-state index in [0.717, 1.165) is 0 Å². The zero-order chi connectivity index (χ0) is 12.2. The minimum Gasteiger partial charge on any atom is -0.464 e. The Morgan fingerprint density at radius 2 is 2.19 bits per heavy atom. The number of rotatable bonds is 3. The van der Waals surface area contributed by atoms with Gasteiger partial charge in [-0.25, -0.2) is 9.59 Å². The van der Waals surface area contributed by atoms with Gasteiger partial charge in [0.05, 0.1) is 13.0 Å². The lowest BCUT2D eigenvalue weighted by atomic mass is 9.96. The Morgan fingerprint density at radius 1 is 1.50 bits per heavy atom. The highest BCUT2D eigenvalue weighted by molar-refractivity contribution is 6.19. The van der Waals surface area contributed by atoms with Gasteiger partial charge in [0.2, 0.25) is 5.54 Å². The van der Waals surface area contributed by atoms with Gasteiger partial charge in [-0.1, -0.05) is 5.92 Å². The number of carbonyl (C=O) groups is 3. The highest BCUT2D eigenvalue weighted by Gasteiger charge is 2.53. The first-order valence-corrected chi connectivity index (χ1v) is 4.77. The second-order valence-electron chi connectivity index (χ2n) is 3.14. The van der Waals surface area contributed by atoms with Crippen LogP contribution in [0.4, 0.5) is 4.79 Å². The molecule has 6 nitrogen and oxygen atoms in total. The topological polar surface area (TPSA) is 84.5 Å². The fourth-order valence-corrected chi connectivity index (χ4v) is 1.31. The molecular formula is C10H12N2O4. The van der Waals surface area contributed by atoms with E-state index in [1.807, 2.05) is 5.32 Å². The Labute approximate surface area is 92.7 Å². The Hall–Kier alpha value is -2.03. The maximum absolute atomic E-state index is 11.7. The molecule has 0 aromatic heterocycles. The number of esters is 1. The number of imide groups is 1. The van der Waals surface area contributed by atoms with Crippen LogP contribution in [0, 0.1) is 11.8 Å². The van der Waals surface area contributed by atoms with E-state index in [9.17, 15) is 14.4 Å². The molecule has 0 saturated carbocycles. The molecule has 1 unspecified atom stereocenters. The molecule has 1 saturated heterocycles. The predicted octanol–water partition coefficient (Wildman–Crippen LogP) is -0.459. The fourth-order valence-electron chi connectivity index (χ4n) is 1.31. The minimum atomic E-state index is -1.70. The molecule has 0 aromatic carbocycles. The zero-order valence-electron chi connectivity index (χ0n) is 9.05. The first-order chi connectivity index (χ1) is 7.56. The predicted molar refractivity (Wildman–Crippen MR) is 54.1 cm³/mol. The maximum atomic E-state index is 11.7. The van der Waals surface area contributed by atoms with Crippen LogP contribution in [-0.2, 0) is 14.3 Å². The molecule has 86 valence electrons. The second kappa shape index (κ2) is 4.66. The van der Waals surface area contributed by atoms with E-state index in [0.29, 0.717) is 0 Å². The molecule has 0 radical (unpaired) electrons. The first-order valence-electron chi connectivity index (χ1n) is 4.77. The van der Waals surface area contributed by atoms with Crippen molar-refractivity contribution >= 4 is 17.9 Å². The van der Waals surface area contributed by atoms with E-state index >= 15 is 0 Å². The van der Waals surface area contributed by atoms with Crippen LogP contribution in [0.25, 0.3) is 0 Å². The van der Waals surface area contributed by atoms with Gasteiger partial charge in [0, 0.05) is 0 Å². The summed E-state index contributed by atoms with van der Waals surface area (Å²) in [6.45, 7) is 3.32. The molecule has 0 aliphatic carbocycles. The van der Waals surface area contributed by atoms with Crippen molar-refractivity contribution in [3.05, 3.63) is 0 Å². The quantitative estimate of drug-likeness (QED) is 0.294. The Bertz CT molecular complexity index is 393. The van der Waals surface area contributed by atoms with Crippen molar-refractivity contribution in [2.45, 2.75) is 25.8 Å². The van der Waals surface area contributed by atoms with Crippen LogP contribution in [0.5, 0.6) is 0 Å². The van der Waals surface area contributed by atoms with Crippen LogP contribution in [0.1, 0.15) is 20.3 Å². The minimum absolute atomic E-state index is 0.0973. The summed E-state index contributed by atoms with van der Waals surface area (Å²) in [5.41, 5.74) is -1.70. The summed E-state index contributed by atoms with van der Waals surface area (Å²) < 4.78 is 4.76. The first kappa shape index (κ1) is 12.0. The number of nitrogens with one attached hydrogen (secondary N) is 2. The Kier molecular flexibility index (Phi) is 3.51. The standard InChI is InChI=1S/C10H12N2O4/c1-3-5-6-10(8(14)16-4-2)7(13)11-9(15)12-10/h4,6H2,1-2H3,(H2,11,12,13,15). The van der Waals surface area contributed by atoms with Crippen molar-refractivity contribution in [1.29, 1.82) is 0 Å². The lowest BCUT2D eigenvalue weighted by Gasteiger charge is -2.20. The lowest BCUT2D eigenvalue weighted by Crippen LogP contribution is -2.54.